The third kappa shape index (κ3) is 4.93. The lowest BCUT2D eigenvalue weighted by molar-refractivity contribution is 1.16. The van der Waals surface area contributed by atoms with Crippen molar-refractivity contribution in [3.8, 4) is 45.1 Å². The van der Waals surface area contributed by atoms with Crippen molar-refractivity contribution in [1.82, 2.24) is 19.1 Å². The van der Waals surface area contributed by atoms with Crippen LogP contribution < -0.4 is 0 Å². The molecular weight excluding hydrogens is 713 g/mol. The molecule has 0 saturated carbocycles. The van der Waals surface area contributed by atoms with Crippen molar-refractivity contribution < 1.29 is 0 Å². The zero-order valence-corrected chi connectivity index (χ0v) is 31.5. The molecule has 0 atom stereocenters. The minimum absolute atomic E-state index is 0.728. The van der Waals surface area contributed by atoms with Crippen molar-refractivity contribution in [3.63, 3.8) is 0 Å². The van der Waals surface area contributed by atoms with Crippen LogP contribution in [0.4, 0.5) is 0 Å². The number of rotatable bonds is 5. The standard InChI is InChI=1S/C52H32N4S/c1-3-15-33(16-4-1)42-31-35(27-29-40(42)49-51-50(41-22-10-14-26-48(41)57-51)54-52(53-49)34-17-5-2-6-18-34)56-46-25-13-9-21-39(46)43-32-36(28-30-47(43)56)55-44-23-11-7-19-37(44)38-20-8-12-24-45(38)55/h1-32H. The number of benzene rings is 8. The fraction of sp³-hybridized carbons (Fsp3) is 0. The van der Waals surface area contributed by atoms with Gasteiger partial charge in [0.25, 0.3) is 0 Å². The third-order valence-electron chi connectivity index (χ3n) is 11.3. The highest BCUT2D eigenvalue weighted by Gasteiger charge is 2.21. The van der Waals surface area contributed by atoms with Gasteiger partial charge in [-0.05, 0) is 65.7 Å². The third-order valence-corrected chi connectivity index (χ3v) is 12.5. The SMILES string of the molecule is c1ccc(-c2nc(-c3ccc(-n4c5ccccc5c5cc(-n6c7ccccc7c7ccccc76)ccc54)cc3-c3ccccc3)c3sc4ccccc4c3n2)cc1. The summed E-state index contributed by atoms with van der Waals surface area (Å²) in [4.78, 5) is 10.6. The highest BCUT2D eigenvalue weighted by Crippen LogP contribution is 2.44. The van der Waals surface area contributed by atoms with Gasteiger partial charge in [0.15, 0.2) is 5.82 Å². The molecule has 8 aromatic carbocycles. The molecule has 57 heavy (non-hydrogen) atoms. The van der Waals surface area contributed by atoms with Crippen molar-refractivity contribution in [2.24, 2.45) is 0 Å². The van der Waals surface area contributed by atoms with E-state index in [0.717, 1.165) is 66.3 Å². The Labute approximate surface area is 332 Å². The Balaban J connectivity index is 1.10. The van der Waals surface area contributed by atoms with E-state index in [2.05, 4.69) is 197 Å². The number of nitrogens with zero attached hydrogens (tertiary/aromatic N) is 4. The van der Waals surface area contributed by atoms with E-state index in [-0.39, 0.29) is 0 Å². The van der Waals surface area contributed by atoms with E-state index in [1.807, 2.05) is 6.07 Å². The first-order valence-corrected chi connectivity index (χ1v) is 20.1. The van der Waals surface area contributed by atoms with E-state index < -0.39 is 0 Å². The second-order valence-electron chi connectivity index (χ2n) is 14.6. The summed E-state index contributed by atoms with van der Waals surface area (Å²) in [5.41, 5.74) is 13.3. The molecule has 0 aliphatic rings. The summed E-state index contributed by atoms with van der Waals surface area (Å²) >= 11 is 1.77. The molecule has 0 N–H and O–H groups in total. The average Bonchev–Trinajstić information content (AvgIpc) is 3.94. The van der Waals surface area contributed by atoms with Crippen molar-refractivity contribution >= 4 is 75.3 Å². The minimum Gasteiger partial charge on any atom is -0.309 e. The van der Waals surface area contributed by atoms with E-state index in [4.69, 9.17) is 9.97 Å². The highest BCUT2D eigenvalue weighted by molar-refractivity contribution is 7.26. The number of para-hydroxylation sites is 3. The Morgan fingerprint density at radius 3 is 1.54 bits per heavy atom. The molecule has 4 heterocycles. The van der Waals surface area contributed by atoms with Gasteiger partial charge >= 0.3 is 0 Å². The minimum atomic E-state index is 0.728. The van der Waals surface area contributed by atoms with Gasteiger partial charge < -0.3 is 9.13 Å². The summed E-state index contributed by atoms with van der Waals surface area (Å²) < 4.78 is 7.12. The number of hydrogen-bond acceptors (Lipinski definition) is 3. The van der Waals surface area contributed by atoms with Crippen LogP contribution >= 0.6 is 11.3 Å². The fourth-order valence-corrected chi connectivity index (χ4v) is 9.95. The number of thiophene rings is 1. The molecule has 0 spiro atoms. The Morgan fingerprint density at radius 1 is 0.368 bits per heavy atom. The van der Waals surface area contributed by atoms with Crippen LogP contribution in [0.3, 0.4) is 0 Å². The summed E-state index contributed by atoms with van der Waals surface area (Å²) in [5.74, 6) is 0.728. The molecule has 12 aromatic rings. The molecule has 4 nitrogen and oxygen atoms in total. The molecule has 0 aliphatic carbocycles. The molecule has 0 amide bonds. The zero-order valence-electron chi connectivity index (χ0n) is 30.7. The molecule has 266 valence electrons. The summed E-state index contributed by atoms with van der Waals surface area (Å²) in [6, 6.07) is 69.6. The summed E-state index contributed by atoms with van der Waals surface area (Å²) in [6.45, 7) is 0. The average molecular weight is 745 g/mol. The topological polar surface area (TPSA) is 35.6 Å². The normalized spacial score (nSPS) is 11.9. The van der Waals surface area contributed by atoms with Gasteiger partial charge in [-0.15, -0.1) is 11.3 Å². The summed E-state index contributed by atoms with van der Waals surface area (Å²) in [7, 11) is 0. The largest absolute Gasteiger partial charge is 0.309 e. The van der Waals surface area contributed by atoms with Gasteiger partial charge in [-0.1, -0.05) is 140 Å². The van der Waals surface area contributed by atoms with Gasteiger partial charge in [-0.2, -0.15) is 0 Å². The van der Waals surface area contributed by atoms with Crippen LogP contribution in [0.15, 0.2) is 194 Å². The molecule has 0 saturated heterocycles. The predicted molar refractivity (Wildman–Crippen MR) is 240 cm³/mol. The maximum atomic E-state index is 5.38. The van der Waals surface area contributed by atoms with E-state index in [1.165, 1.54) is 42.8 Å². The van der Waals surface area contributed by atoms with Crippen LogP contribution in [0.1, 0.15) is 0 Å². The lowest BCUT2D eigenvalue weighted by Crippen LogP contribution is -1.98. The van der Waals surface area contributed by atoms with Crippen LogP contribution in [0.25, 0.3) is 109 Å². The van der Waals surface area contributed by atoms with E-state index >= 15 is 0 Å². The monoisotopic (exact) mass is 744 g/mol. The first-order valence-electron chi connectivity index (χ1n) is 19.3. The molecule has 5 heteroatoms. The van der Waals surface area contributed by atoms with Crippen LogP contribution in [0.5, 0.6) is 0 Å². The Bertz CT molecular complexity index is 3470. The second kappa shape index (κ2) is 12.6. The summed E-state index contributed by atoms with van der Waals surface area (Å²) in [5, 5.41) is 6.11. The fourth-order valence-electron chi connectivity index (χ4n) is 8.80. The molecule has 0 aliphatic heterocycles. The molecule has 12 rings (SSSR count). The lowest BCUT2D eigenvalue weighted by Gasteiger charge is -2.16. The van der Waals surface area contributed by atoms with Gasteiger partial charge in [-0.25, -0.2) is 9.97 Å². The molecule has 0 radical (unpaired) electrons. The Kier molecular flexibility index (Phi) is 7.06. The van der Waals surface area contributed by atoms with Gasteiger partial charge in [0.2, 0.25) is 0 Å². The van der Waals surface area contributed by atoms with Gasteiger partial charge in [0, 0.05) is 54.1 Å². The predicted octanol–water partition coefficient (Wildman–Crippen LogP) is 14.0. The first kappa shape index (κ1) is 32.0. The number of fused-ring (bicyclic) bond motifs is 9. The van der Waals surface area contributed by atoms with E-state index in [0.29, 0.717) is 0 Å². The maximum Gasteiger partial charge on any atom is 0.160 e. The lowest BCUT2D eigenvalue weighted by atomic mass is 9.96. The maximum absolute atomic E-state index is 5.38. The molecular formula is C52H32N4S. The van der Waals surface area contributed by atoms with Gasteiger partial charge in [0.1, 0.15) is 0 Å². The van der Waals surface area contributed by atoms with Gasteiger partial charge in [-0.3, -0.25) is 0 Å². The van der Waals surface area contributed by atoms with Crippen LogP contribution in [-0.2, 0) is 0 Å². The Morgan fingerprint density at radius 2 is 0.877 bits per heavy atom. The molecule has 0 fully saturated rings. The Hall–Kier alpha value is -7.34. The number of hydrogen-bond donors (Lipinski definition) is 0. The molecule has 0 unspecified atom stereocenters. The zero-order chi connectivity index (χ0) is 37.5. The smallest absolute Gasteiger partial charge is 0.160 e. The van der Waals surface area contributed by atoms with E-state index in [9.17, 15) is 0 Å². The quantitative estimate of drug-likeness (QED) is 0.176. The molecule has 0 bridgehead atoms. The summed E-state index contributed by atoms with van der Waals surface area (Å²) in [6.07, 6.45) is 0. The van der Waals surface area contributed by atoms with Crippen LogP contribution in [0, 0.1) is 0 Å². The van der Waals surface area contributed by atoms with E-state index in [1.54, 1.807) is 11.3 Å². The highest BCUT2D eigenvalue weighted by atomic mass is 32.1. The van der Waals surface area contributed by atoms with Crippen molar-refractivity contribution in [1.29, 1.82) is 0 Å². The van der Waals surface area contributed by atoms with Crippen LogP contribution in [-0.4, -0.2) is 19.1 Å². The number of aromatic nitrogens is 4. The molecule has 4 aromatic heterocycles. The van der Waals surface area contributed by atoms with Gasteiger partial charge in [0.05, 0.1) is 38.0 Å². The van der Waals surface area contributed by atoms with Crippen molar-refractivity contribution in [2.75, 3.05) is 0 Å². The van der Waals surface area contributed by atoms with Crippen LogP contribution in [0.2, 0.25) is 0 Å². The van der Waals surface area contributed by atoms with Crippen molar-refractivity contribution in [2.45, 2.75) is 0 Å². The first-order chi connectivity index (χ1) is 28.3. The second-order valence-corrected chi connectivity index (χ2v) is 15.6. The van der Waals surface area contributed by atoms with Crippen molar-refractivity contribution in [3.05, 3.63) is 194 Å².